The number of amides is 3. The summed E-state index contributed by atoms with van der Waals surface area (Å²) in [5.74, 6) is -0.252. The number of nitriles is 1. The van der Waals surface area contributed by atoms with Crippen LogP contribution in [-0.4, -0.2) is 89.1 Å². The normalized spacial score (nSPS) is 26.3. The van der Waals surface area contributed by atoms with Crippen LogP contribution in [0, 0.1) is 11.3 Å². The quantitative estimate of drug-likeness (QED) is 0.192. The first kappa shape index (κ1) is 29.6. The Balaban J connectivity index is 1.27. The lowest BCUT2D eigenvalue weighted by molar-refractivity contribution is -0.237. The number of piperazine rings is 1. The van der Waals surface area contributed by atoms with Gasteiger partial charge in [-0.3, -0.25) is 14.5 Å². The summed E-state index contributed by atoms with van der Waals surface area (Å²) >= 11 is 1.12. The molecule has 4 aliphatic rings. The zero-order chi connectivity index (χ0) is 29.3. The third-order valence-corrected chi connectivity index (χ3v) is 8.73. The zero-order valence-corrected chi connectivity index (χ0v) is 24.7. The third-order valence-electron chi connectivity index (χ3n) is 8.15. The number of nitrogens with one attached hydrogen (secondary N) is 2. The molecule has 0 spiro atoms. The molecule has 0 unspecified atom stereocenters. The van der Waals surface area contributed by atoms with Crippen molar-refractivity contribution in [1.29, 1.82) is 5.26 Å². The Labute approximate surface area is 244 Å². The third kappa shape index (κ3) is 6.32. The van der Waals surface area contributed by atoms with Crippen molar-refractivity contribution < 1.29 is 28.4 Å². The summed E-state index contributed by atoms with van der Waals surface area (Å²) in [6.45, 7) is 6.55. The van der Waals surface area contributed by atoms with Gasteiger partial charge < -0.3 is 19.9 Å². The molecule has 1 aliphatic carbocycles. The second-order valence-electron chi connectivity index (χ2n) is 12.0. The fourth-order valence-corrected chi connectivity index (χ4v) is 7.03. The number of aryl methyl sites for hydroxylation is 1. The number of hydrogen-bond acceptors (Lipinski definition) is 10. The molecule has 1 aromatic carbocycles. The van der Waals surface area contributed by atoms with E-state index in [0.717, 1.165) is 41.8 Å². The van der Waals surface area contributed by atoms with Crippen molar-refractivity contribution in [3.63, 3.8) is 0 Å². The molecule has 13 heteroatoms. The Morgan fingerprint density at radius 1 is 1.24 bits per heavy atom. The average molecular weight is 587 g/mol. The van der Waals surface area contributed by atoms with Gasteiger partial charge in [-0.25, -0.2) is 4.79 Å². The lowest BCUT2D eigenvalue weighted by atomic mass is 10.1. The number of hydrogen-bond donors (Lipinski definition) is 2. The Bertz CT molecular complexity index is 1220. The number of nitrogens with zero attached hydrogens (tertiary/aromatic N) is 4. The molecule has 3 heterocycles. The molecule has 1 aromatic rings. The van der Waals surface area contributed by atoms with E-state index < -0.39 is 23.8 Å². The molecule has 2 N–H and O–H groups in total. The molecular weight excluding hydrogens is 548 g/mol. The number of rotatable bonds is 9. The molecule has 3 aliphatic heterocycles. The van der Waals surface area contributed by atoms with Crippen molar-refractivity contribution in [2.45, 2.75) is 93.6 Å². The topological polar surface area (TPSA) is 136 Å². The summed E-state index contributed by atoms with van der Waals surface area (Å²) < 4.78 is 10.5. The van der Waals surface area contributed by atoms with Crippen molar-refractivity contribution >= 4 is 30.0 Å². The summed E-state index contributed by atoms with van der Waals surface area (Å²) in [5, 5.41) is 12.3. The van der Waals surface area contributed by atoms with Gasteiger partial charge in [0.05, 0.1) is 30.2 Å². The van der Waals surface area contributed by atoms with Crippen LogP contribution in [-0.2, 0) is 30.1 Å². The van der Waals surface area contributed by atoms with Crippen molar-refractivity contribution in [2.24, 2.45) is 0 Å². The molecule has 3 fully saturated rings. The smallest absolute Gasteiger partial charge is 0.408 e. The molecule has 3 saturated heterocycles. The fraction of sp³-hybridized carbons (Fsp3) is 0.643. The lowest BCUT2D eigenvalue weighted by Crippen LogP contribution is -2.59. The van der Waals surface area contributed by atoms with Gasteiger partial charge in [0.2, 0.25) is 11.8 Å². The molecule has 5 rings (SSSR count). The van der Waals surface area contributed by atoms with Crippen molar-refractivity contribution in [1.82, 2.24) is 25.5 Å². The van der Waals surface area contributed by atoms with Crippen LogP contribution in [0.1, 0.15) is 63.6 Å². The largest absolute Gasteiger partial charge is 0.444 e. The maximum Gasteiger partial charge on any atom is 0.408 e. The summed E-state index contributed by atoms with van der Waals surface area (Å²) in [6.07, 6.45) is 3.08. The van der Waals surface area contributed by atoms with E-state index in [4.69, 9.17) is 14.1 Å². The number of fused-ring (bicyclic) bond motifs is 3. The van der Waals surface area contributed by atoms with Gasteiger partial charge >= 0.3 is 6.09 Å². The van der Waals surface area contributed by atoms with Crippen molar-refractivity contribution in [3.05, 3.63) is 29.3 Å². The highest BCUT2D eigenvalue weighted by Gasteiger charge is 2.53. The highest BCUT2D eigenvalue weighted by Crippen LogP contribution is 2.44. The first-order valence-electron chi connectivity index (χ1n) is 14.1. The van der Waals surface area contributed by atoms with E-state index >= 15 is 0 Å². The van der Waals surface area contributed by atoms with Gasteiger partial charge in [0.15, 0.2) is 0 Å². The lowest BCUT2D eigenvalue weighted by Gasteiger charge is -2.39. The van der Waals surface area contributed by atoms with Gasteiger partial charge in [0.25, 0.3) is 0 Å². The molecule has 0 aromatic heterocycles. The van der Waals surface area contributed by atoms with Gasteiger partial charge in [-0.2, -0.15) is 10.7 Å². The maximum absolute atomic E-state index is 13.7. The number of likely N-dealkylation sites (tertiary alicyclic amines) is 3. The molecule has 222 valence electrons. The predicted molar refractivity (Wildman–Crippen MR) is 149 cm³/mol. The first-order valence-corrected chi connectivity index (χ1v) is 14.9. The van der Waals surface area contributed by atoms with E-state index in [2.05, 4.69) is 29.0 Å². The van der Waals surface area contributed by atoms with Crippen LogP contribution >= 0.6 is 12.0 Å². The van der Waals surface area contributed by atoms with Crippen LogP contribution in [0.4, 0.5) is 4.79 Å². The monoisotopic (exact) mass is 586 g/mol. The summed E-state index contributed by atoms with van der Waals surface area (Å²) in [6, 6.07) is 6.57. The molecule has 0 saturated carbocycles. The summed E-state index contributed by atoms with van der Waals surface area (Å²) in [7, 11) is 1.61. The van der Waals surface area contributed by atoms with Crippen LogP contribution in [0.15, 0.2) is 23.1 Å². The van der Waals surface area contributed by atoms with Gasteiger partial charge in [-0.05, 0) is 76.1 Å². The summed E-state index contributed by atoms with van der Waals surface area (Å²) in [4.78, 5) is 51.2. The van der Waals surface area contributed by atoms with Crippen LogP contribution in [0.3, 0.4) is 0 Å². The van der Waals surface area contributed by atoms with Crippen LogP contribution in [0.2, 0.25) is 0 Å². The predicted octanol–water partition coefficient (Wildman–Crippen LogP) is 2.46. The van der Waals surface area contributed by atoms with E-state index in [1.165, 1.54) is 5.56 Å². The number of benzene rings is 1. The van der Waals surface area contributed by atoms with Crippen LogP contribution < -0.4 is 10.8 Å². The standard InChI is InChI=1S/C28H38N6O6S/c1-28(2,3)38-27(37)31-22(25(35)33-11-5-6-18(33)14-29)16-32-15-19-13-24(32)26(36)34(19)23-10-7-17-12-20(8-9-21(17)23)41-40-39-30-4/h8-9,12,18-19,22-24,30H,5-7,10-11,13,15-16H2,1-4H3,(H,31,37)/t18-,19-,22-,23-,24-/m0/s1. The van der Waals surface area contributed by atoms with E-state index in [0.29, 0.717) is 25.9 Å². The molecular formula is C28H38N6O6S. The maximum atomic E-state index is 13.7. The minimum Gasteiger partial charge on any atom is -0.444 e. The second-order valence-corrected chi connectivity index (χ2v) is 12.8. The molecule has 41 heavy (non-hydrogen) atoms. The minimum absolute atomic E-state index is 0.0153. The van der Waals surface area contributed by atoms with Crippen LogP contribution in [0.25, 0.3) is 0 Å². The molecule has 2 bridgehead atoms. The Morgan fingerprint density at radius 2 is 2.05 bits per heavy atom. The van der Waals surface area contributed by atoms with Gasteiger partial charge in [-0.15, -0.1) is 9.32 Å². The highest BCUT2D eigenvalue weighted by atomic mass is 32.2. The van der Waals surface area contributed by atoms with E-state index in [1.54, 1.807) is 32.7 Å². The number of ether oxygens (including phenoxy) is 1. The van der Waals surface area contributed by atoms with Gasteiger partial charge in [0.1, 0.15) is 17.7 Å². The van der Waals surface area contributed by atoms with E-state index in [9.17, 15) is 19.6 Å². The minimum atomic E-state index is -0.920. The number of carbonyl (C=O) groups excluding carboxylic acids is 3. The molecule has 12 nitrogen and oxygen atoms in total. The SMILES string of the molecule is CNOOSc1ccc2c(c1)CC[C@@H]2N1C(=O)[C@@H]2C[C@H]1CN2C[C@H](NC(=O)OC(C)(C)C)C(=O)N1CCC[C@H]1C#N. The second kappa shape index (κ2) is 12.1. The molecule has 3 amide bonds. The van der Waals surface area contributed by atoms with Gasteiger partial charge in [-0.1, -0.05) is 6.07 Å². The first-order chi connectivity index (χ1) is 19.6. The Morgan fingerprint density at radius 3 is 2.76 bits per heavy atom. The van der Waals surface area contributed by atoms with E-state index in [-0.39, 0.29) is 36.5 Å². The fourth-order valence-electron chi connectivity index (χ4n) is 6.54. The van der Waals surface area contributed by atoms with Crippen molar-refractivity contribution in [2.75, 3.05) is 26.7 Å². The number of alkyl carbamates (subject to hydrolysis) is 1. The highest BCUT2D eigenvalue weighted by molar-refractivity contribution is 7.94. The summed E-state index contributed by atoms with van der Waals surface area (Å²) in [5.41, 5.74) is 4.09. The molecule has 0 radical (unpaired) electrons. The average Bonchev–Trinajstić information content (AvgIpc) is 3.70. The number of hydroxylamine groups is 1. The van der Waals surface area contributed by atoms with E-state index in [1.807, 2.05) is 15.9 Å². The number of carbonyl (C=O) groups is 3. The van der Waals surface area contributed by atoms with Gasteiger partial charge in [0, 0.05) is 37.6 Å². The van der Waals surface area contributed by atoms with Crippen molar-refractivity contribution in [3.8, 4) is 6.07 Å². The Hall–Kier alpha value is -2.89. The zero-order valence-electron chi connectivity index (χ0n) is 23.9. The van der Waals surface area contributed by atoms with Crippen LogP contribution in [0.5, 0.6) is 0 Å². The molecule has 5 atom stereocenters. The Kier molecular flexibility index (Phi) is 8.77.